The number of fused-ring (bicyclic) bond motifs is 6. The molecule has 3 aromatic rings. The fourth-order valence-electron chi connectivity index (χ4n) is 6.80. The molecule has 4 aliphatic heterocycles. The van der Waals surface area contributed by atoms with Gasteiger partial charge in [-0.05, 0) is 57.8 Å². The van der Waals surface area contributed by atoms with Crippen LogP contribution in [0.1, 0.15) is 53.4 Å². The number of carbonyl (C=O) groups is 1. The number of nitrogens with zero attached hydrogens (tertiary/aromatic N) is 2. The van der Waals surface area contributed by atoms with Crippen LogP contribution in [0.2, 0.25) is 13.1 Å². The van der Waals surface area contributed by atoms with Gasteiger partial charge < -0.3 is 14.5 Å². The maximum Gasteiger partial charge on any atom is 0.340 e. The first kappa shape index (κ1) is 24.8. The first-order valence-electron chi connectivity index (χ1n) is 13.9. The van der Waals surface area contributed by atoms with Crippen molar-refractivity contribution in [3.05, 3.63) is 82.4 Å². The van der Waals surface area contributed by atoms with Crippen molar-refractivity contribution in [1.29, 1.82) is 0 Å². The zero-order chi connectivity index (χ0) is 27.5. The molecule has 0 unspecified atom stereocenters. The highest BCUT2D eigenvalue weighted by Gasteiger charge is 2.56. The van der Waals surface area contributed by atoms with Gasteiger partial charge in [0.15, 0.2) is 5.60 Å². The summed E-state index contributed by atoms with van der Waals surface area (Å²) in [7, 11) is -2.32. The van der Waals surface area contributed by atoms with Crippen molar-refractivity contribution in [2.24, 2.45) is 0 Å². The van der Waals surface area contributed by atoms with E-state index in [2.05, 4.69) is 86.1 Å². The summed E-state index contributed by atoms with van der Waals surface area (Å²) in [5, 5.41) is 2.39. The van der Waals surface area contributed by atoms with Gasteiger partial charge in [0.1, 0.15) is 20.4 Å². The minimum absolute atomic E-state index is 0.106. The molecule has 0 saturated carbocycles. The number of rotatable bonds is 2. The number of alkyl halides is 2. The summed E-state index contributed by atoms with van der Waals surface area (Å²) in [5.74, 6) is -0.317. The van der Waals surface area contributed by atoms with E-state index in [0.29, 0.717) is 31.7 Å². The van der Waals surface area contributed by atoms with Crippen LogP contribution in [0.25, 0.3) is 0 Å². The molecule has 1 spiro atoms. The zero-order valence-corrected chi connectivity index (χ0v) is 24.1. The Morgan fingerprint density at radius 3 is 1.77 bits per heavy atom. The fraction of sp³-hybridized carbons (Fsp3) is 0.406. The van der Waals surface area contributed by atoms with Crippen molar-refractivity contribution >= 4 is 35.8 Å². The molecule has 4 aliphatic rings. The van der Waals surface area contributed by atoms with E-state index < -0.39 is 26.0 Å². The second kappa shape index (κ2) is 7.93. The molecule has 2 saturated heterocycles. The Morgan fingerprint density at radius 2 is 1.31 bits per heavy atom. The quantitative estimate of drug-likeness (QED) is 0.340. The molecule has 2 fully saturated rings. The van der Waals surface area contributed by atoms with E-state index in [1.807, 2.05) is 12.1 Å². The minimum atomic E-state index is -2.32. The van der Waals surface area contributed by atoms with E-state index >= 15 is 0 Å². The number of hydrogen-bond donors (Lipinski definition) is 0. The highest BCUT2D eigenvalue weighted by molar-refractivity contribution is 7.01. The molecule has 3 aromatic carbocycles. The van der Waals surface area contributed by atoms with Gasteiger partial charge >= 0.3 is 5.97 Å². The van der Waals surface area contributed by atoms with E-state index in [-0.39, 0.29) is 11.4 Å². The van der Waals surface area contributed by atoms with Crippen molar-refractivity contribution in [2.75, 3.05) is 36.0 Å². The van der Waals surface area contributed by atoms with E-state index in [4.69, 9.17) is 4.74 Å². The lowest BCUT2D eigenvalue weighted by atomic mass is 9.76. The molecule has 0 radical (unpaired) electrons. The van der Waals surface area contributed by atoms with E-state index in [0.717, 1.165) is 33.6 Å². The van der Waals surface area contributed by atoms with Gasteiger partial charge in [-0.25, -0.2) is 13.6 Å². The van der Waals surface area contributed by atoms with Crippen molar-refractivity contribution < 1.29 is 18.3 Å². The molecule has 0 aliphatic carbocycles. The lowest BCUT2D eigenvalue weighted by Gasteiger charge is -2.46. The normalized spacial score (nSPS) is 21.2. The van der Waals surface area contributed by atoms with Crippen LogP contribution in [0.15, 0.2) is 54.6 Å². The first-order chi connectivity index (χ1) is 18.4. The van der Waals surface area contributed by atoms with Gasteiger partial charge in [-0.2, -0.15) is 0 Å². The van der Waals surface area contributed by atoms with Crippen LogP contribution in [0.3, 0.4) is 0 Å². The van der Waals surface area contributed by atoms with E-state index in [1.54, 1.807) is 0 Å². The Morgan fingerprint density at radius 1 is 0.795 bits per heavy atom. The predicted octanol–water partition coefficient (Wildman–Crippen LogP) is 4.90. The fourth-order valence-corrected chi connectivity index (χ4v) is 9.97. The lowest BCUT2D eigenvalue weighted by molar-refractivity contribution is 0.0255. The largest absolute Gasteiger partial charge is 0.441 e. The topological polar surface area (TPSA) is 32.8 Å². The minimum Gasteiger partial charge on any atom is -0.441 e. The average molecular weight is 545 g/mol. The first-order valence-corrected chi connectivity index (χ1v) is 16.9. The number of ether oxygens (including phenoxy) is 1. The molecule has 0 N–H and O–H groups in total. The SMILES string of the molecule is CC(C)(C)c1ccc2c(c1)C1(OC2=O)c2ccc(N3CC(F)C3)cc2[Si](C)(C)c2cc(N3CC(F)C3)ccc21. The van der Waals surface area contributed by atoms with E-state index in [1.165, 1.54) is 10.4 Å². The molecule has 0 bridgehead atoms. The third-order valence-electron chi connectivity index (χ3n) is 9.25. The number of esters is 1. The average Bonchev–Trinajstić information content (AvgIpc) is 3.15. The molecule has 0 amide bonds. The number of carbonyl (C=O) groups excluding carboxylic acids is 1. The number of hydrogen-bond acceptors (Lipinski definition) is 4. The van der Waals surface area contributed by atoms with Crippen molar-refractivity contribution in [3.8, 4) is 0 Å². The molecule has 7 heteroatoms. The van der Waals surface area contributed by atoms with Gasteiger partial charge in [-0.3, -0.25) is 0 Å². The second-order valence-corrected chi connectivity index (χ2v) is 17.5. The second-order valence-electron chi connectivity index (χ2n) is 13.2. The smallest absolute Gasteiger partial charge is 0.340 e. The molecule has 39 heavy (non-hydrogen) atoms. The van der Waals surface area contributed by atoms with Crippen molar-refractivity contribution in [2.45, 2.75) is 57.2 Å². The number of anilines is 2. The maximum absolute atomic E-state index is 13.8. The van der Waals surface area contributed by atoms with Crippen LogP contribution in [0.5, 0.6) is 0 Å². The maximum atomic E-state index is 13.8. The van der Waals surface area contributed by atoms with Crippen LogP contribution in [-0.4, -0.2) is 52.6 Å². The van der Waals surface area contributed by atoms with Crippen LogP contribution in [0, 0.1) is 0 Å². The Labute approximate surface area is 229 Å². The Bertz CT molecular complexity index is 1460. The van der Waals surface area contributed by atoms with Gasteiger partial charge in [0.25, 0.3) is 0 Å². The summed E-state index contributed by atoms with van der Waals surface area (Å²) >= 11 is 0. The van der Waals surface area contributed by atoms with Gasteiger partial charge in [0.05, 0.1) is 31.7 Å². The van der Waals surface area contributed by atoms with Crippen molar-refractivity contribution in [1.82, 2.24) is 0 Å². The van der Waals surface area contributed by atoms with Crippen LogP contribution in [0.4, 0.5) is 20.2 Å². The molecule has 7 rings (SSSR count). The summed E-state index contributed by atoms with van der Waals surface area (Å²) in [5.41, 5.74) is 5.48. The standard InChI is InChI=1S/C32H34F2N2O2Si/c1-31(2,3)19-6-9-24-27(12-19)32(38-30(24)37)25-10-7-22(35-15-20(33)16-35)13-28(25)39(4,5)29-14-23(8-11-26(29)32)36-17-21(34)18-36/h6-14,20-21H,15-18H2,1-5H3. The molecular formula is C32H34F2N2O2Si. The summed E-state index contributed by atoms with van der Waals surface area (Å²) < 4.78 is 34.1. The summed E-state index contributed by atoms with van der Waals surface area (Å²) in [6.45, 7) is 12.8. The number of halogens is 2. The monoisotopic (exact) mass is 544 g/mol. The van der Waals surface area contributed by atoms with Gasteiger partial charge in [0.2, 0.25) is 0 Å². The van der Waals surface area contributed by atoms with Gasteiger partial charge in [0, 0.05) is 28.1 Å². The molecule has 0 aromatic heterocycles. The summed E-state index contributed by atoms with van der Waals surface area (Å²) in [6.07, 6.45) is -1.59. The molecule has 4 nitrogen and oxygen atoms in total. The van der Waals surface area contributed by atoms with Crippen LogP contribution >= 0.6 is 0 Å². The Balaban J connectivity index is 1.50. The third-order valence-corrected chi connectivity index (χ3v) is 12.8. The zero-order valence-electron chi connectivity index (χ0n) is 23.1. The third kappa shape index (κ3) is 3.41. The highest BCUT2D eigenvalue weighted by Crippen LogP contribution is 2.50. The summed E-state index contributed by atoms with van der Waals surface area (Å²) in [6, 6.07) is 18.8. The van der Waals surface area contributed by atoms with Gasteiger partial charge in [-0.1, -0.05) is 52.1 Å². The van der Waals surface area contributed by atoms with Crippen molar-refractivity contribution in [3.63, 3.8) is 0 Å². The molecule has 4 heterocycles. The molecular weight excluding hydrogens is 510 g/mol. The summed E-state index contributed by atoms with van der Waals surface area (Å²) in [4.78, 5) is 17.6. The number of benzene rings is 3. The van der Waals surface area contributed by atoms with Crippen LogP contribution in [-0.2, 0) is 15.8 Å². The Hall–Kier alpha value is -3.19. The van der Waals surface area contributed by atoms with Crippen LogP contribution < -0.4 is 20.2 Å². The highest BCUT2D eigenvalue weighted by atomic mass is 28.3. The van der Waals surface area contributed by atoms with Gasteiger partial charge in [-0.15, -0.1) is 0 Å². The Kier molecular flexibility index (Phi) is 5.05. The van der Waals surface area contributed by atoms with E-state index in [9.17, 15) is 13.6 Å². The molecule has 0 atom stereocenters. The lowest BCUT2D eigenvalue weighted by Crippen LogP contribution is -2.64. The predicted molar refractivity (Wildman–Crippen MR) is 154 cm³/mol. The molecule has 202 valence electrons.